The van der Waals surface area contributed by atoms with Crippen LogP contribution in [0.25, 0.3) is 0 Å². The predicted molar refractivity (Wildman–Crippen MR) is 52.2 cm³/mol. The Balaban J connectivity index is 2.45. The monoisotopic (exact) mass is 191 g/mol. The molecule has 0 radical (unpaired) electrons. The van der Waals surface area contributed by atoms with Gasteiger partial charge in [-0.1, -0.05) is 0 Å². The van der Waals surface area contributed by atoms with Crippen LogP contribution in [-0.4, -0.2) is 22.5 Å². The number of carbonyl (C=O) groups excluding carboxylic acids is 1. The van der Waals surface area contributed by atoms with Crippen LogP contribution in [-0.2, 0) is 6.42 Å². The molecule has 3 nitrogen and oxygen atoms in total. The number of fused-ring (bicyclic) bond motifs is 1. The third kappa shape index (κ3) is 1.44. The Morgan fingerprint density at radius 1 is 1.57 bits per heavy atom. The van der Waals surface area contributed by atoms with Gasteiger partial charge in [-0.2, -0.15) is 0 Å². The van der Waals surface area contributed by atoms with E-state index in [0.717, 1.165) is 23.2 Å². The van der Waals surface area contributed by atoms with Gasteiger partial charge in [-0.3, -0.25) is 9.78 Å². The summed E-state index contributed by atoms with van der Waals surface area (Å²) in [5, 5.41) is 9.02. The highest BCUT2D eigenvalue weighted by molar-refractivity contribution is 5.99. The van der Waals surface area contributed by atoms with E-state index in [1.54, 1.807) is 6.20 Å². The van der Waals surface area contributed by atoms with Crippen molar-refractivity contribution in [2.24, 2.45) is 5.92 Å². The number of hydrogen-bond donors (Lipinski definition) is 1. The van der Waals surface area contributed by atoms with Crippen molar-refractivity contribution < 1.29 is 9.90 Å². The molecule has 1 heterocycles. The second-order valence-corrected chi connectivity index (χ2v) is 3.83. The van der Waals surface area contributed by atoms with Crippen molar-refractivity contribution in [1.82, 2.24) is 4.98 Å². The highest BCUT2D eigenvalue weighted by atomic mass is 16.3. The molecule has 0 bridgehead atoms. The van der Waals surface area contributed by atoms with Crippen LogP contribution < -0.4 is 0 Å². The molecule has 14 heavy (non-hydrogen) atoms. The van der Waals surface area contributed by atoms with E-state index in [-0.39, 0.29) is 18.3 Å². The number of ketones is 1. The van der Waals surface area contributed by atoms with Crippen molar-refractivity contribution in [3.05, 3.63) is 29.1 Å². The summed E-state index contributed by atoms with van der Waals surface area (Å²) in [6, 6.07) is 1.86. The molecular weight excluding hydrogens is 178 g/mol. The first kappa shape index (κ1) is 9.34. The normalized spacial score (nSPS) is 20.7. The summed E-state index contributed by atoms with van der Waals surface area (Å²) in [7, 11) is 0. The van der Waals surface area contributed by atoms with E-state index >= 15 is 0 Å². The molecule has 1 aliphatic carbocycles. The lowest BCUT2D eigenvalue weighted by Crippen LogP contribution is -2.24. The molecule has 1 aromatic rings. The quantitative estimate of drug-likeness (QED) is 0.723. The van der Waals surface area contributed by atoms with Gasteiger partial charge in [0.05, 0.1) is 5.69 Å². The summed E-state index contributed by atoms with van der Waals surface area (Å²) in [4.78, 5) is 15.9. The maximum atomic E-state index is 11.7. The molecule has 2 rings (SSSR count). The smallest absolute Gasteiger partial charge is 0.165 e. The van der Waals surface area contributed by atoms with Gasteiger partial charge < -0.3 is 5.11 Å². The number of aliphatic hydroxyl groups is 1. The molecule has 0 saturated heterocycles. The maximum Gasteiger partial charge on any atom is 0.165 e. The standard InChI is InChI=1S/C11H13NO2/c1-7-2-3-12-9-4-8(6-13)5-10(14)11(7)9/h2-3,8,13H,4-6H2,1H3. The zero-order valence-corrected chi connectivity index (χ0v) is 8.16. The summed E-state index contributed by atoms with van der Waals surface area (Å²) < 4.78 is 0. The van der Waals surface area contributed by atoms with E-state index in [1.165, 1.54) is 0 Å². The molecule has 3 heteroatoms. The fraction of sp³-hybridized carbons (Fsp3) is 0.455. The molecule has 1 aromatic heterocycles. The molecular formula is C11H13NO2. The van der Waals surface area contributed by atoms with Crippen LogP contribution in [0, 0.1) is 12.8 Å². The number of carbonyl (C=O) groups is 1. The average Bonchev–Trinajstić information content (AvgIpc) is 2.17. The topological polar surface area (TPSA) is 50.2 Å². The van der Waals surface area contributed by atoms with E-state index < -0.39 is 0 Å². The minimum atomic E-state index is 0.0595. The van der Waals surface area contributed by atoms with Crippen LogP contribution in [0.4, 0.5) is 0 Å². The van der Waals surface area contributed by atoms with Gasteiger partial charge in [-0.25, -0.2) is 0 Å². The fourth-order valence-electron chi connectivity index (χ4n) is 1.99. The Labute approximate surface area is 82.8 Å². The summed E-state index contributed by atoms with van der Waals surface area (Å²) in [5.74, 6) is 0.181. The van der Waals surface area contributed by atoms with Crippen molar-refractivity contribution in [3.63, 3.8) is 0 Å². The van der Waals surface area contributed by atoms with Gasteiger partial charge in [0.1, 0.15) is 0 Å². The Morgan fingerprint density at radius 2 is 2.36 bits per heavy atom. The summed E-state index contributed by atoms with van der Waals surface area (Å²) in [6.07, 6.45) is 2.90. The lowest BCUT2D eigenvalue weighted by atomic mass is 9.84. The van der Waals surface area contributed by atoms with Crippen LogP contribution >= 0.6 is 0 Å². The second kappa shape index (κ2) is 3.50. The zero-order valence-electron chi connectivity index (χ0n) is 8.16. The van der Waals surface area contributed by atoms with Crippen molar-refractivity contribution >= 4 is 5.78 Å². The molecule has 0 amide bonds. The van der Waals surface area contributed by atoms with E-state index in [4.69, 9.17) is 5.11 Å². The Kier molecular flexibility index (Phi) is 2.33. The number of pyridine rings is 1. The molecule has 0 aliphatic heterocycles. The number of aromatic nitrogens is 1. The van der Waals surface area contributed by atoms with Crippen molar-refractivity contribution in [1.29, 1.82) is 0 Å². The molecule has 74 valence electrons. The van der Waals surface area contributed by atoms with Gasteiger partial charge in [0, 0.05) is 24.8 Å². The molecule has 0 saturated carbocycles. The van der Waals surface area contributed by atoms with Gasteiger partial charge in [0.25, 0.3) is 0 Å². The van der Waals surface area contributed by atoms with Crippen molar-refractivity contribution in [2.75, 3.05) is 6.61 Å². The first-order chi connectivity index (χ1) is 6.72. The average molecular weight is 191 g/mol. The summed E-state index contributed by atoms with van der Waals surface area (Å²) in [5.41, 5.74) is 2.62. The van der Waals surface area contributed by atoms with E-state index in [0.29, 0.717) is 6.42 Å². The summed E-state index contributed by atoms with van der Waals surface area (Å²) >= 11 is 0. The van der Waals surface area contributed by atoms with Gasteiger partial charge in [0.2, 0.25) is 0 Å². The van der Waals surface area contributed by atoms with Gasteiger partial charge in [-0.15, -0.1) is 0 Å². The van der Waals surface area contributed by atoms with Gasteiger partial charge >= 0.3 is 0 Å². The first-order valence-electron chi connectivity index (χ1n) is 4.81. The molecule has 0 aromatic carbocycles. The number of aliphatic hydroxyl groups excluding tert-OH is 1. The minimum absolute atomic E-state index is 0.0595. The second-order valence-electron chi connectivity index (χ2n) is 3.83. The Hall–Kier alpha value is -1.22. The van der Waals surface area contributed by atoms with Gasteiger partial charge in [0.15, 0.2) is 5.78 Å². The predicted octanol–water partition coefficient (Wildman–Crippen LogP) is 1.13. The van der Waals surface area contributed by atoms with Crippen LogP contribution in [0.2, 0.25) is 0 Å². The van der Waals surface area contributed by atoms with Gasteiger partial charge in [-0.05, 0) is 30.9 Å². The highest BCUT2D eigenvalue weighted by Gasteiger charge is 2.26. The Bertz CT molecular complexity index is 374. The van der Waals surface area contributed by atoms with Crippen molar-refractivity contribution in [3.8, 4) is 0 Å². The van der Waals surface area contributed by atoms with E-state index in [1.807, 2.05) is 13.0 Å². The lowest BCUT2D eigenvalue weighted by molar-refractivity contribution is 0.0916. The molecule has 0 spiro atoms. The van der Waals surface area contributed by atoms with Crippen LogP contribution in [0.3, 0.4) is 0 Å². The van der Waals surface area contributed by atoms with E-state index in [9.17, 15) is 4.79 Å². The molecule has 1 atom stereocenters. The lowest BCUT2D eigenvalue weighted by Gasteiger charge is -2.21. The Morgan fingerprint density at radius 3 is 3.07 bits per heavy atom. The van der Waals surface area contributed by atoms with Crippen LogP contribution in [0.15, 0.2) is 12.3 Å². The third-order valence-electron chi connectivity index (χ3n) is 2.73. The maximum absolute atomic E-state index is 11.7. The molecule has 1 unspecified atom stereocenters. The molecule has 0 fully saturated rings. The molecule has 1 N–H and O–H groups in total. The third-order valence-corrected chi connectivity index (χ3v) is 2.73. The summed E-state index contributed by atoms with van der Waals surface area (Å²) in [6.45, 7) is 2.00. The first-order valence-corrected chi connectivity index (χ1v) is 4.81. The fourth-order valence-corrected chi connectivity index (χ4v) is 1.99. The largest absolute Gasteiger partial charge is 0.396 e. The minimum Gasteiger partial charge on any atom is -0.396 e. The number of hydrogen-bond acceptors (Lipinski definition) is 3. The zero-order chi connectivity index (χ0) is 10.1. The van der Waals surface area contributed by atoms with Crippen LogP contribution in [0.1, 0.15) is 28.0 Å². The number of Topliss-reactive ketones (excluding diaryl/α,β-unsaturated/α-hetero) is 1. The SMILES string of the molecule is Cc1ccnc2c1C(=O)CC(CO)C2. The van der Waals surface area contributed by atoms with E-state index in [2.05, 4.69) is 4.98 Å². The number of aryl methyl sites for hydroxylation is 1. The van der Waals surface area contributed by atoms with Crippen LogP contribution in [0.5, 0.6) is 0 Å². The number of nitrogens with zero attached hydrogens (tertiary/aromatic N) is 1. The number of rotatable bonds is 1. The molecule has 1 aliphatic rings. The van der Waals surface area contributed by atoms with Crippen molar-refractivity contribution in [2.45, 2.75) is 19.8 Å². The highest BCUT2D eigenvalue weighted by Crippen LogP contribution is 2.25.